The first kappa shape index (κ1) is 14.7. The number of nitrogens with one attached hydrogen (secondary N) is 1. The number of hydrogen-bond acceptors (Lipinski definition) is 3. The Labute approximate surface area is 112 Å². The quantitative estimate of drug-likeness (QED) is 0.878. The molecule has 1 N–H and O–H groups in total. The monoisotopic (exact) mass is 303 g/mol. The van der Waals surface area contributed by atoms with Gasteiger partial charge >= 0.3 is 0 Å². The van der Waals surface area contributed by atoms with E-state index in [4.69, 9.17) is 4.74 Å². The summed E-state index contributed by atoms with van der Waals surface area (Å²) in [5.74, 6) is 0. The third kappa shape index (κ3) is 3.53. The van der Waals surface area contributed by atoms with E-state index in [-0.39, 0.29) is 12.1 Å². The summed E-state index contributed by atoms with van der Waals surface area (Å²) in [5.41, 5.74) is 1.19. The van der Waals surface area contributed by atoms with Gasteiger partial charge < -0.3 is 10.1 Å². The van der Waals surface area contributed by atoms with Gasteiger partial charge in [-0.05, 0) is 50.2 Å². The molecule has 0 aliphatic rings. The van der Waals surface area contributed by atoms with Crippen molar-refractivity contribution in [1.82, 2.24) is 15.1 Å². The summed E-state index contributed by atoms with van der Waals surface area (Å²) in [6.45, 7) is 6.35. The number of aromatic nitrogens is 2. The molecule has 0 saturated carbocycles. The van der Waals surface area contributed by atoms with Gasteiger partial charge in [-0.3, -0.25) is 4.68 Å². The van der Waals surface area contributed by atoms with Crippen LogP contribution in [-0.4, -0.2) is 30.0 Å². The fourth-order valence-electron chi connectivity index (χ4n) is 1.88. The third-order valence-electron chi connectivity index (χ3n) is 2.92. The summed E-state index contributed by atoms with van der Waals surface area (Å²) >= 11 is 3.57. The van der Waals surface area contributed by atoms with Crippen molar-refractivity contribution in [2.24, 2.45) is 0 Å². The minimum Gasteiger partial charge on any atom is -0.382 e. The van der Waals surface area contributed by atoms with Crippen LogP contribution in [0.15, 0.2) is 10.7 Å². The molecule has 0 aliphatic carbocycles. The van der Waals surface area contributed by atoms with Crippen molar-refractivity contribution in [3.05, 3.63) is 16.4 Å². The lowest BCUT2D eigenvalue weighted by molar-refractivity contribution is 0.1000. The summed E-state index contributed by atoms with van der Waals surface area (Å²) in [6.07, 6.45) is 3.00. The molecule has 1 rings (SSSR count). The van der Waals surface area contributed by atoms with Gasteiger partial charge in [-0.1, -0.05) is 0 Å². The second kappa shape index (κ2) is 6.52. The SMILES string of the molecule is CNC(CC(C)OC)c1c(Br)cnn1C(C)C. The van der Waals surface area contributed by atoms with Crippen molar-refractivity contribution in [3.8, 4) is 0 Å². The molecule has 0 saturated heterocycles. The normalized spacial score (nSPS) is 15.2. The highest BCUT2D eigenvalue weighted by Gasteiger charge is 2.21. The second-order valence-electron chi connectivity index (χ2n) is 4.54. The number of hydrogen-bond donors (Lipinski definition) is 1. The highest BCUT2D eigenvalue weighted by molar-refractivity contribution is 9.10. The van der Waals surface area contributed by atoms with Gasteiger partial charge in [-0.15, -0.1) is 0 Å². The molecule has 1 heterocycles. The first-order chi connectivity index (χ1) is 8.01. The summed E-state index contributed by atoms with van der Waals surface area (Å²) < 4.78 is 8.43. The molecular weight excluding hydrogens is 282 g/mol. The van der Waals surface area contributed by atoms with Crippen LogP contribution in [0.3, 0.4) is 0 Å². The fraction of sp³-hybridized carbons (Fsp3) is 0.750. The smallest absolute Gasteiger partial charge is 0.0699 e. The standard InChI is InChI=1S/C12H22BrN3O/c1-8(2)16-12(10(13)7-15-16)11(14-4)6-9(3)17-5/h7-9,11,14H,6H2,1-5H3. The van der Waals surface area contributed by atoms with E-state index in [1.165, 1.54) is 5.69 Å². The molecule has 0 amide bonds. The van der Waals surface area contributed by atoms with Gasteiger partial charge in [-0.25, -0.2) is 0 Å². The second-order valence-corrected chi connectivity index (χ2v) is 5.39. The Balaban J connectivity index is 2.98. The summed E-state index contributed by atoms with van der Waals surface area (Å²) in [6, 6.07) is 0.592. The Hall–Kier alpha value is -0.390. The lowest BCUT2D eigenvalue weighted by atomic mass is 10.1. The summed E-state index contributed by atoms with van der Waals surface area (Å²) in [5, 5.41) is 7.74. The van der Waals surface area contributed by atoms with Gasteiger partial charge in [0.15, 0.2) is 0 Å². The van der Waals surface area contributed by atoms with Crippen LogP contribution >= 0.6 is 15.9 Å². The Morgan fingerprint density at radius 2 is 2.12 bits per heavy atom. The van der Waals surface area contributed by atoms with Gasteiger partial charge in [0.1, 0.15) is 0 Å². The Morgan fingerprint density at radius 3 is 2.59 bits per heavy atom. The molecule has 0 aromatic carbocycles. The molecular formula is C12H22BrN3O. The molecule has 0 radical (unpaired) electrons. The van der Waals surface area contributed by atoms with E-state index in [2.05, 4.69) is 47.1 Å². The maximum atomic E-state index is 5.34. The lowest BCUT2D eigenvalue weighted by Gasteiger charge is -2.23. The van der Waals surface area contributed by atoms with E-state index in [0.717, 1.165) is 10.9 Å². The van der Waals surface area contributed by atoms with Gasteiger partial charge in [0.2, 0.25) is 0 Å². The zero-order valence-corrected chi connectivity index (χ0v) is 12.8. The van der Waals surface area contributed by atoms with Crippen LogP contribution in [0, 0.1) is 0 Å². The van der Waals surface area contributed by atoms with Gasteiger partial charge in [0.25, 0.3) is 0 Å². The zero-order chi connectivity index (χ0) is 13.0. The first-order valence-electron chi connectivity index (χ1n) is 5.94. The molecule has 1 aromatic rings. The zero-order valence-electron chi connectivity index (χ0n) is 11.2. The van der Waals surface area contributed by atoms with Crippen LogP contribution in [0.5, 0.6) is 0 Å². The fourth-order valence-corrected chi connectivity index (χ4v) is 2.43. The third-order valence-corrected chi connectivity index (χ3v) is 3.54. The van der Waals surface area contributed by atoms with E-state index in [0.29, 0.717) is 6.04 Å². The predicted molar refractivity (Wildman–Crippen MR) is 73.2 cm³/mol. The molecule has 2 atom stereocenters. The van der Waals surface area contributed by atoms with Gasteiger partial charge in [0.05, 0.1) is 28.5 Å². The van der Waals surface area contributed by atoms with Crippen molar-refractivity contribution >= 4 is 15.9 Å². The average molecular weight is 304 g/mol. The minimum atomic E-state index is 0.217. The molecule has 0 fully saturated rings. The predicted octanol–water partition coefficient (Wildman–Crippen LogP) is 2.91. The summed E-state index contributed by atoms with van der Waals surface area (Å²) in [4.78, 5) is 0. The molecule has 0 bridgehead atoms. The number of ether oxygens (including phenoxy) is 1. The highest BCUT2D eigenvalue weighted by Crippen LogP contribution is 2.28. The van der Waals surface area contributed by atoms with Crippen molar-refractivity contribution in [1.29, 1.82) is 0 Å². The van der Waals surface area contributed by atoms with Crippen molar-refractivity contribution in [3.63, 3.8) is 0 Å². The van der Waals surface area contributed by atoms with Crippen molar-refractivity contribution < 1.29 is 4.74 Å². The number of rotatable bonds is 6. The van der Waals surface area contributed by atoms with Crippen LogP contribution < -0.4 is 5.32 Å². The van der Waals surface area contributed by atoms with Gasteiger partial charge in [-0.2, -0.15) is 5.10 Å². The number of nitrogens with zero attached hydrogens (tertiary/aromatic N) is 2. The van der Waals surface area contributed by atoms with Crippen molar-refractivity contribution in [2.45, 2.75) is 45.4 Å². The average Bonchev–Trinajstić information content (AvgIpc) is 2.67. The van der Waals surface area contributed by atoms with E-state index >= 15 is 0 Å². The van der Waals surface area contributed by atoms with Crippen molar-refractivity contribution in [2.75, 3.05) is 14.2 Å². The van der Waals surface area contributed by atoms with Crippen LogP contribution in [0.2, 0.25) is 0 Å². The number of halogens is 1. The van der Waals surface area contributed by atoms with E-state index < -0.39 is 0 Å². The van der Waals surface area contributed by atoms with Crippen LogP contribution in [0.25, 0.3) is 0 Å². The summed E-state index contributed by atoms with van der Waals surface area (Å²) in [7, 11) is 3.71. The molecule has 98 valence electrons. The van der Waals surface area contributed by atoms with Crippen LogP contribution in [-0.2, 0) is 4.74 Å². The topological polar surface area (TPSA) is 39.1 Å². The van der Waals surface area contributed by atoms with E-state index in [1.807, 2.05) is 17.9 Å². The van der Waals surface area contributed by atoms with E-state index in [1.54, 1.807) is 7.11 Å². The van der Waals surface area contributed by atoms with E-state index in [9.17, 15) is 0 Å². The molecule has 4 nitrogen and oxygen atoms in total. The number of methoxy groups -OCH3 is 1. The first-order valence-corrected chi connectivity index (χ1v) is 6.73. The Kier molecular flexibility index (Phi) is 5.62. The Bertz CT molecular complexity index is 352. The largest absolute Gasteiger partial charge is 0.382 e. The van der Waals surface area contributed by atoms with Crippen LogP contribution in [0.1, 0.15) is 45.0 Å². The highest BCUT2D eigenvalue weighted by atomic mass is 79.9. The molecule has 5 heteroatoms. The molecule has 0 aliphatic heterocycles. The lowest BCUT2D eigenvalue weighted by Crippen LogP contribution is -2.25. The molecule has 1 aromatic heterocycles. The molecule has 0 spiro atoms. The van der Waals surface area contributed by atoms with Crippen LogP contribution in [0.4, 0.5) is 0 Å². The minimum absolute atomic E-state index is 0.217. The van der Waals surface area contributed by atoms with Gasteiger partial charge in [0, 0.05) is 13.2 Å². The molecule has 2 unspecified atom stereocenters. The molecule has 17 heavy (non-hydrogen) atoms. The maximum Gasteiger partial charge on any atom is 0.0699 e. The Morgan fingerprint density at radius 1 is 1.47 bits per heavy atom. The maximum absolute atomic E-state index is 5.34.